The lowest BCUT2D eigenvalue weighted by Crippen LogP contribution is -2.42. The molecule has 1 amide bonds. The number of hydrogen-bond donors (Lipinski definition) is 1. The van der Waals surface area contributed by atoms with Crippen molar-refractivity contribution in [3.05, 3.63) is 52.8 Å². The molecule has 0 saturated carbocycles. The van der Waals surface area contributed by atoms with Crippen LogP contribution in [0.1, 0.15) is 48.4 Å². The first-order valence-electron chi connectivity index (χ1n) is 9.95. The molecule has 1 N–H and O–H groups in total. The van der Waals surface area contributed by atoms with E-state index in [0.29, 0.717) is 19.5 Å². The molecule has 0 fully saturated rings. The topological polar surface area (TPSA) is 61.6 Å². The second-order valence-electron chi connectivity index (χ2n) is 7.61. The Hall–Kier alpha value is -2.18. The van der Waals surface area contributed by atoms with Crippen molar-refractivity contribution < 1.29 is 9.90 Å². The lowest BCUT2D eigenvalue weighted by molar-refractivity contribution is -0.133. The maximum atomic E-state index is 12.9. The standard InChI is InChI=1S/C21H28N4O2/c1-2-20(26)19-12-18-14-24(9-5-10-25(18)22-19)21(27)15-23-11-8-16-6-3-4-7-17(16)13-23/h3-4,6-7,12,20,26H,2,5,8-11,13-15H2,1H3/t20-/m1/s1. The summed E-state index contributed by atoms with van der Waals surface area (Å²) in [6.07, 6.45) is 2.02. The van der Waals surface area contributed by atoms with Crippen molar-refractivity contribution >= 4 is 5.91 Å². The molecule has 0 spiro atoms. The van der Waals surface area contributed by atoms with Crippen LogP contribution in [-0.4, -0.2) is 50.2 Å². The molecule has 144 valence electrons. The van der Waals surface area contributed by atoms with Crippen LogP contribution in [0.5, 0.6) is 0 Å². The van der Waals surface area contributed by atoms with Crippen LogP contribution in [0.25, 0.3) is 0 Å². The summed E-state index contributed by atoms with van der Waals surface area (Å²) in [5.74, 6) is 0.182. The van der Waals surface area contributed by atoms with E-state index in [1.807, 2.05) is 22.6 Å². The minimum atomic E-state index is -0.526. The molecular formula is C21H28N4O2. The normalized spacial score (nSPS) is 18.5. The molecule has 2 aliphatic heterocycles. The highest BCUT2D eigenvalue weighted by molar-refractivity contribution is 5.78. The first kappa shape index (κ1) is 18.2. The van der Waals surface area contributed by atoms with Gasteiger partial charge in [-0.1, -0.05) is 31.2 Å². The van der Waals surface area contributed by atoms with Gasteiger partial charge in [-0.3, -0.25) is 14.4 Å². The van der Waals surface area contributed by atoms with Crippen LogP contribution < -0.4 is 0 Å². The molecule has 0 saturated heterocycles. The zero-order valence-corrected chi connectivity index (χ0v) is 16.0. The molecule has 1 atom stereocenters. The molecule has 2 aliphatic rings. The first-order valence-corrected chi connectivity index (χ1v) is 9.95. The van der Waals surface area contributed by atoms with Gasteiger partial charge in [0.05, 0.1) is 30.6 Å². The van der Waals surface area contributed by atoms with E-state index in [9.17, 15) is 9.90 Å². The summed E-state index contributed by atoms with van der Waals surface area (Å²) >= 11 is 0. The third kappa shape index (κ3) is 3.92. The molecule has 27 heavy (non-hydrogen) atoms. The van der Waals surface area contributed by atoms with Crippen molar-refractivity contribution in [2.45, 2.75) is 51.9 Å². The molecule has 0 radical (unpaired) electrons. The van der Waals surface area contributed by atoms with Gasteiger partial charge in [0.1, 0.15) is 0 Å². The quantitative estimate of drug-likeness (QED) is 0.898. The third-order valence-corrected chi connectivity index (χ3v) is 5.68. The Morgan fingerprint density at radius 1 is 1.19 bits per heavy atom. The SMILES string of the molecule is CC[C@@H](O)c1cc2n(n1)CCCN(C(=O)CN1CCc3ccccc3C1)C2. The van der Waals surface area contributed by atoms with E-state index in [2.05, 4.69) is 34.3 Å². The highest BCUT2D eigenvalue weighted by Crippen LogP contribution is 2.21. The van der Waals surface area contributed by atoms with Crippen LogP contribution in [0, 0.1) is 0 Å². The Morgan fingerprint density at radius 3 is 2.81 bits per heavy atom. The summed E-state index contributed by atoms with van der Waals surface area (Å²) in [5, 5.41) is 14.6. The minimum Gasteiger partial charge on any atom is -0.387 e. The summed E-state index contributed by atoms with van der Waals surface area (Å²) in [4.78, 5) is 17.1. The molecule has 6 nitrogen and oxygen atoms in total. The predicted octanol–water partition coefficient (Wildman–Crippen LogP) is 2.12. The fraction of sp³-hybridized carbons (Fsp3) is 0.524. The predicted molar refractivity (Wildman–Crippen MR) is 103 cm³/mol. The van der Waals surface area contributed by atoms with Crippen LogP contribution in [-0.2, 0) is 30.8 Å². The van der Waals surface area contributed by atoms with Crippen LogP contribution in [0.2, 0.25) is 0 Å². The minimum absolute atomic E-state index is 0.182. The average Bonchev–Trinajstić information content (AvgIpc) is 2.98. The van der Waals surface area contributed by atoms with E-state index < -0.39 is 6.10 Å². The summed E-state index contributed by atoms with van der Waals surface area (Å²) in [6, 6.07) is 10.5. The number of fused-ring (bicyclic) bond motifs is 2. The van der Waals surface area contributed by atoms with Gasteiger partial charge in [-0.2, -0.15) is 5.10 Å². The maximum Gasteiger partial charge on any atom is 0.237 e. The highest BCUT2D eigenvalue weighted by Gasteiger charge is 2.25. The second-order valence-corrected chi connectivity index (χ2v) is 7.61. The second kappa shape index (κ2) is 7.82. The van der Waals surface area contributed by atoms with Crippen LogP contribution in [0.15, 0.2) is 30.3 Å². The molecule has 1 aromatic carbocycles. The molecule has 4 rings (SSSR count). The van der Waals surface area contributed by atoms with E-state index in [1.165, 1.54) is 11.1 Å². The number of rotatable bonds is 4. The van der Waals surface area contributed by atoms with Gasteiger partial charge in [-0.25, -0.2) is 0 Å². The van der Waals surface area contributed by atoms with Gasteiger partial charge in [-0.05, 0) is 36.5 Å². The molecule has 3 heterocycles. The maximum absolute atomic E-state index is 12.9. The number of carbonyl (C=O) groups excluding carboxylic acids is 1. The monoisotopic (exact) mass is 368 g/mol. The number of aliphatic hydroxyl groups excluding tert-OH is 1. The Labute approximate surface area is 160 Å². The van der Waals surface area contributed by atoms with E-state index >= 15 is 0 Å². The molecule has 0 bridgehead atoms. The van der Waals surface area contributed by atoms with Gasteiger partial charge in [0.15, 0.2) is 0 Å². The molecule has 1 aromatic heterocycles. The fourth-order valence-electron chi connectivity index (χ4n) is 4.05. The van der Waals surface area contributed by atoms with Crippen molar-refractivity contribution in [1.82, 2.24) is 19.6 Å². The Morgan fingerprint density at radius 2 is 2.00 bits per heavy atom. The largest absolute Gasteiger partial charge is 0.387 e. The lowest BCUT2D eigenvalue weighted by Gasteiger charge is -2.30. The number of nitrogens with zero attached hydrogens (tertiary/aromatic N) is 4. The van der Waals surface area contributed by atoms with Gasteiger partial charge in [0.2, 0.25) is 5.91 Å². The average molecular weight is 368 g/mol. The summed E-state index contributed by atoms with van der Waals surface area (Å²) < 4.78 is 1.96. The molecular weight excluding hydrogens is 340 g/mol. The van der Waals surface area contributed by atoms with Crippen molar-refractivity contribution in [3.8, 4) is 0 Å². The van der Waals surface area contributed by atoms with Crippen molar-refractivity contribution in [1.29, 1.82) is 0 Å². The van der Waals surface area contributed by atoms with Crippen LogP contribution in [0.4, 0.5) is 0 Å². The number of hydrogen-bond acceptors (Lipinski definition) is 4. The van der Waals surface area contributed by atoms with E-state index in [1.54, 1.807) is 0 Å². The summed E-state index contributed by atoms with van der Waals surface area (Å²) in [5.41, 5.74) is 4.48. The Balaban J connectivity index is 1.41. The van der Waals surface area contributed by atoms with Crippen LogP contribution >= 0.6 is 0 Å². The summed E-state index contributed by atoms with van der Waals surface area (Å²) in [6.45, 7) is 6.33. The van der Waals surface area contributed by atoms with E-state index in [0.717, 1.165) is 50.4 Å². The first-order chi connectivity index (χ1) is 13.1. The third-order valence-electron chi connectivity index (χ3n) is 5.68. The van der Waals surface area contributed by atoms with Gasteiger partial charge < -0.3 is 10.0 Å². The Kier molecular flexibility index (Phi) is 5.27. The smallest absolute Gasteiger partial charge is 0.237 e. The van der Waals surface area contributed by atoms with E-state index in [-0.39, 0.29) is 5.91 Å². The lowest BCUT2D eigenvalue weighted by atomic mass is 10.00. The number of aliphatic hydroxyl groups is 1. The fourth-order valence-corrected chi connectivity index (χ4v) is 4.05. The Bertz CT molecular complexity index is 816. The molecule has 6 heteroatoms. The number of amides is 1. The van der Waals surface area contributed by atoms with Gasteiger partial charge >= 0.3 is 0 Å². The van der Waals surface area contributed by atoms with Crippen molar-refractivity contribution in [2.75, 3.05) is 19.6 Å². The van der Waals surface area contributed by atoms with E-state index in [4.69, 9.17) is 0 Å². The van der Waals surface area contributed by atoms with Gasteiger partial charge in [-0.15, -0.1) is 0 Å². The highest BCUT2D eigenvalue weighted by atomic mass is 16.3. The number of carbonyl (C=O) groups is 1. The van der Waals surface area contributed by atoms with Gasteiger partial charge in [0, 0.05) is 26.2 Å². The van der Waals surface area contributed by atoms with Crippen LogP contribution in [0.3, 0.4) is 0 Å². The number of aromatic nitrogens is 2. The number of benzene rings is 1. The zero-order chi connectivity index (χ0) is 18.8. The zero-order valence-electron chi connectivity index (χ0n) is 16.0. The molecule has 0 unspecified atom stereocenters. The molecule has 2 aromatic rings. The van der Waals surface area contributed by atoms with Crippen molar-refractivity contribution in [2.24, 2.45) is 0 Å². The molecule has 0 aliphatic carbocycles. The van der Waals surface area contributed by atoms with Gasteiger partial charge in [0.25, 0.3) is 0 Å². The number of aryl methyl sites for hydroxylation is 1. The summed E-state index contributed by atoms with van der Waals surface area (Å²) in [7, 11) is 0. The van der Waals surface area contributed by atoms with Crippen molar-refractivity contribution in [3.63, 3.8) is 0 Å².